The molecule has 23 heavy (non-hydrogen) atoms. The van der Waals surface area contributed by atoms with Gasteiger partial charge in [0.05, 0.1) is 0 Å². The SMILES string of the molecule is O=C(COC(=O)c1c[nH]c(=O)[nH]c1=O)NCCc1ccccc1. The molecule has 0 spiro atoms. The zero-order valence-electron chi connectivity index (χ0n) is 12.1. The molecule has 1 aromatic heterocycles. The van der Waals surface area contributed by atoms with Gasteiger partial charge in [0, 0.05) is 12.7 Å². The van der Waals surface area contributed by atoms with Gasteiger partial charge < -0.3 is 15.0 Å². The van der Waals surface area contributed by atoms with Gasteiger partial charge in [-0.3, -0.25) is 14.6 Å². The van der Waals surface area contributed by atoms with Crippen LogP contribution in [0.2, 0.25) is 0 Å². The molecule has 0 atom stereocenters. The topological polar surface area (TPSA) is 121 Å². The molecule has 0 unspecified atom stereocenters. The van der Waals surface area contributed by atoms with E-state index in [2.05, 4.69) is 10.3 Å². The van der Waals surface area contributed by atoms with Crippen molar-refractivity contribution in [1.29, 1.82) is 0 Å². The first-order valence-electron chi connectivity index (χ1n) is 6.86. The maximum absolute atomic E-state index is 11.6. The summed E-state index contributed by atoms with van der Waals surface area (Å²) in [6.07, 6.45) is 1.59. The Kier molecular flexibility index (Phi) is 5.45. The van der Waals surface area contributed by atoms with Crippen LogP contribution in [0.1, 0.15) is 15.9 Å². The van der Waals surface area contributed by atoms with Crippen LogP contribution in [-0.2, 0) is 16.0 Å². The summed E-state index contributed by atoms with van der Waals surface area (Å²) in [5.41, 5.74) is -0.903. The minimum absolute atomic E-state index is 0.373. The molecule has 0 saturated carbocycles. The van der Waals surface area contributed by atoms with Gasteiger partial charge in [0.25, 0.3) is 11.5 Å². The van der Waals surface area contributed by atoms with Crippen LogP contribution >= 0.6 is 0 Å². The van der Waals surface area contributed by atoms with Crippen LogP contribution < -0.4 is 16.6 Å². The molecule has 120 valence electrons. The minimum Gasteiger partial charge on any atom is -0.452 e. The third-order valence-corrected chi connectivity index (χ3v) is 2.95. The molecule has 0 radical (unpaired) electrons. The van der Waals surface area contributed by atoms with Gasteiger partial charge in [0.1, 0.15) is 5.56 Å². The average molecular weight is 317 g/mol. The fourth-order valence-electron chi connectivity index (χ4n) is 1.81. The highest BCUT2D eigenvalue weighted by atomic mass is 16.5. The van der Waals surface area contributed by atoms with Gasteiger partial charge >= 0.3 is 11.7 Å². The molecule has 0 aliphatic rings. The molecule has 1 aromatic carbocycles. The van der Waals surface area contributed by atoms with Crippen LogP contribution in [0, 0.1) is 0 Å². The van der Waals surface area contributed by atoms with Gasteiger partial charge in [-0.2, -0.15) is 0 Å². The van der Waals surface area contributed by atoms with Crippen LogP contribution in [-0.4, -0.2) is 35.0 Å². The lowest BCUT2D eigenvalue weighted by atomic mass is 10.1. The van der Waals surface area contributed by atoms with E-state index in [9.17, 15) is 19.2 Å². The Balaban J connectivity index is 1.76. The van der Waals surface area contributed by atoms with Crippen LogP contribution in [0.15, 0.2) is 46.1 Å². The summed E-state index contributed by atoms with van der Waals surface area (Å²) in [6.45, 7) is -0.105. The zero-order chi connectivity index (χ0) is 16.7. The number of carbonyl (C=O) groups is 2. The lowest BCUT2D eigenvalue weighted by Crippen LogP contribution is -2.32. The number of nitrogens with one attached hydrogen (secondary N) is 3. The molecular formula is C15H15N3O5. The van der Waals surface area contributed by atoms with Gasteiger partial charge in [-0.15, -0.1) is 0 Å². The van der Waals surface area contributed by atoms with Crippen molar-refractivity contribution in [3.8, 4) is 0 Å². The summed E-state index contributed by atoms with van der Waals surface area (Å²) in [7, 11) is 0. The lowest BCUT2D eigenvalue weighted by Gasteiger charge is -2.06. The second kappa shape index (κ2) is 7.74. The highest BCUT2D eigenvalue weighted by Gasteiger charge is 2.14. The number of carbonyl (C=O) groups excluding carboxylic acids is 2. The molecule has 0 aliphatic carbocycles. The number of benzene rings is 1. The molecule has 0 bridgehead atoms. The summed E-state index contributed by atoms with van der Waals surface area (Å²) in [4.78, 5) is 49.5. The predicted molar refractivity (Wildman–Crippen MR) is 81.1 cm³/mol. The predicted octanol–water partition coefficient (Wildman–Crippen LogP) is -0.421. The Morgan fingerprint density at radius 2 is 1.87 bits per heavy atom. The van der Waals surface area contributed by atoms with E-state index < -0.39 is 29.7 Å². The fraction of sp³-hybridized carbons (Fsp3) is 0.200. The maximum Gasteiger partial charge on any atom is 0.345 e. The smallest absolute Gasteiger partial charge is 0.345 e. The normalized spacial score (nSPS) is 10.1. The van der Waals surface area contributed by atoms with E-state index in [1.165, 1.54) is 0 Å². The molecule has 1 heterocycles. The van der Waals surface area contributed by atoms with E-state index in [0.29, 0.717) is 13.0 Å². The Morgan fingerprint density at radius 3 is 2.57 bits per heavy atom. The Morgan fingerprint density at radius 1 is 1.13 bits per heavy atom. The Hall–Kier alpha value is -3.16. The standard InChI is InChI=1S/C15H15N3O5/c19-12(16-7-6-10-4-2-1-3-5-10)9-23-14(21)11-8-17-15(22)18-13(11)20/h1-5,8H,6-7,9H2,(H,16,19)(H2,17,18,20,22). The molecule has 0 saturated heterocycles. The fourth-order valence-corrected chi connectivity index (χ4v) is 1.81. The first kappa shape index (κ1) is 16.2. The van der Waals surface area contributed by atoms with Crippen molar-refractivity contribution in [2.75, 3.05) is 13.2 Å². The van der Waals surface area contributed by atoms with Crippen molar-refractivity contribution in [3.05, 3.63) is 68.5 Å². The van der Waals surface area contributed by atoms with Crippen molar-refractivity contribution in [1.82, 2.24) is 15.3 Å². The number of rotatable bonds is 6. The van der Waals surface area contributed by atoms with Crippen molar-refractivity contribution >= 4 is 11.9 Å². The lowest BCUT2D eigenvalue weighted by molar-refractivity contribution is -0.124. The number of esters is 1. The molecular weight excluding hydrogens is 302 g/mol. The summed E-state index contributed by atoms with van der Waals surface area (Å²) in [5.74, 6) is -1.46. The number of ether oxygens (including phenoxy) is 1. The number of aromatic nitrogens is 2. The van der Waals surface area contributed by atoms with Crippen LogP contribution in [0.4, 0.5) is 0 Å². The van der Waals surface area contributed by atoms with E-state index in [4.69, 9.17) is 4.74 Å². The van der Waals surface area contributed by atoms with Crippen LogP contribution in [0.25, 0.3) is 0 Å². The summed E-state index contributed by atoms with van der Waals surface area (Å²) in [6, 6.07) is 9.59. The molecule has 0 fully saturated rings. The van der Waals surface area contributed by atoms with E-state index in [0.717, 1.165) is 11.8 Å². The number of H-pyrrole nitrogens is 2. The van der Waals surface area contributed by atoms with Crippen molar-refractivity contribution in [2.45, 2.75) is 6.42 Å². The Labute approximate surface area is 130 Å². The molecule has 8 nitrogen and oxygen atoms in total. The summed E-state index contributed by atoms with van der Waals surface area (Å²) in [5, 5.41) is 2.60. The van der Waals surface area contributed by atoms with Gasteiger partial charge in [-0.1, -0.05) is 30.3 Å². The van der Waals surface area contributed by atoms with E-state index in [1.54, 1.807) is 0 Å². The average Bonchev–Trinajstić information content (AvgIpc) is 2.53. The Bertz CT molecular complexity index is 795. The van der Waals surface area contributed by atoms with E-state index >= 15 is 0 Å². The zero-order valence-corrected chi connectivity index (χ0v) is 12.1. The van der Waals surface area contributed by atoms with E-state index in [1.807, 2.05) is 35.3 Å². The second-order valence-corrected chi connectivity index (χ2v) is 4.65. The highest BCUT2D eigenvalue weighted by Crippen LogP contribution is 1.98. The van der Waals surface area contributed by atoms with Gasteiger partial charge in [-0.25, -0.2) is 9.59 Å². The second-order valence-electron chi connectivity index (χ2n) is 4.65. The number of amides is 1. The largest absolute Gasteiger partial charge is 0.452 e. The van der Waals surface area contributed by atoms with Crippen molar-refractivity contribution in [3.63, 3.8) is 0 Å². The number of hydrogen-bond donors (Lipinski definition) is 3. The number of hydrogen-bond acceptors (Lipinski definition) is 5. The molecule has 0 aliphatic heterocycles. The quantitative estimate of drug-likeness (QED) is 0.625. The van der Waals surface area contributed by atoms with Crippen LogP contribution in [0.3, 0.4) is 0 Å². The first-order chi connectivity index (χ1) is 11.1. The van der Waals surface area contributed by atoms with Gasteiger partial charge in [-0.05, 0) is 12.0 Å². The molecule has 8 heteroatoms. The van der Waals surface area contributed by atoms with Crippen molar-refractivity contribution in [2.24, 2.45) is 0 Å². The third-order valence-electron chi connectivity index (χ3n) is 2.95. The monoisotopic (exact) mass is 317 g/mol. The highest BCUT2D eigenvalue weighted by molar-refractivity contribution is 5.90. The van der Waals surface area contributed by atoms with E-state index in [-0.39, 0.29) is 5.56 Å². The maximum atomic E-state index is 11.6. The van der Waals surface area contributed by atoms with Crippen molar-refractivity contribution < 1.29 is 14.3 Å². The third kappa shape index (κ3) is 4.95. The number of aromatic amines is 2. The molecule has 2 rings (SSSR count). The minimum atomic E-state index is -0.985. The summed E-state index contributed by atoms with van der Waals surface area (Å²) < 4.78 is 4.72. The first-order valence-corrected chi connectivity index (χ1v) is 6.86. The molecule has 2 aromatic rings. The molecule has 3 N–H and O–H groups in total. The van der Waals surface area contributed by atoms with Gasteiger partial charge in [0.15, 0.2) is 6.61 Å². The summed E-state index contributed by atoms with van der Waals surface area (Å²) >= 11 is 0. The van der Waals surface area contributed by atoms with Gasteiger partial charge in [0.2, 0.25) is 0 Å². The van der Waals surface area contributed by atoms with Crippen LogP contribution in [0.5, 0.6) is 0 Å². The molecule has 1 amide bonds.